The Bertz CT molecular complexity index is 501. The molecule has 0 amide bonds. The fourth-order valence-electron chi connectivity index (χ4n) is 2.11. The third-order valence-electron chi connectivity index (χ3n) is 3.16. The van der Waals surface area contributed by atoms with E-state index < -0.39 is 6.10 Å². The van der Waals surface area contributed by atoms with Crippen LogP contribution in [0.1, 0.15) is 18.6 Å². The van der Waals surface area contributed by atoms with Gasteiger partial charge >= 0.3 is 13.5 Å². The number of ether oxygens (including phenoxy) is 2. The third kappa shape index (κ3) is 4.34. The Balaban J connectivity index is 2.09. The number of fused-ring (bicyclic) bond motifs is 1. The number of benzene rings is 1. The highest BCUT2D eigenvalue weighted by atomic mass is 35.5. The Morgan fingerprint density at radius 3 is 3.19 bits per heavy atom. The van der Waals surface area contributed by atoms with Crippen molar-refractivity contribution in [2.24, 2.45) is 0 Å². The van der Waals surface area contributed by atoms with Gasteiger partial charge in [0.2, 0.25) is 0 Å². The Labute approximate surface area is 128 Å². The highest BCUT2D eigenvalue weighted by Gasteiger charge is 2.24. The van der Waals surface area contributed by atoms with Crippen LogP contribution in [0, 0.1) is 0 Å². The van der Waals surface area contributed by atoms with Crippen molar-refractivity contribution in [2.75, 3.05) is 19.8 Å². The van der Waals surface area contributed by atoms with Gasteiger partial charge in [0.15, 0.2) is 0 Å². The average Bonchev–Trinajstić information content (AvgIpc) is 2.67. The van der Waals surface area contributed by atoms with E-state index in [1.165, 1.54) is 6.92 Å². The van der Waals surface area contributed by atoms with E-state index in [2.05, 4.69) is 4.84 Å². The topological polar surface area (TPSA) is 77.0 Å². The first-order valence-corrected chi connectivity index (χ1v) is 7.00. The molecule has 2 N–H and O–H groups in total. The van der Waals surface area contributed by atoms with Crippen LogP contribution in [0.2, 0.25) is 0 Å². The Hall–Kier alpha value is -1.28. The number of carbonyl (C=O) groups excluding carboxylic acids is 1. The van der Waals surface area contributed by atoms with Crippen molar-refractivity contribution >= 4 is 30.7 Å². The Morgan fingerprint density at radius 1 is 1.67 bits per heavy atom. The van der Waals surface area contributed by atoms with Crippen LogP contribution >= 0.6 is 11.8 Å². The Morgan fingerprint density at radius 2 is 2.48 bits per heavy atom. The number of halogens is 1. The molecular weight excluding hydrogens is 296 g/mol. The first kappa shape index (κ1) is 16.1. The lowest BCUT2D eigenvalue weighted by Crippen LogP contribution is -2.30. The van der Waals surface area contributed by atoms with Crippen molar-refractivity contribution in [3.63, 3.8) is 0 Å². The summed E-state index contributed by atoms with van der Waals surface area (Å²) in [7, 11) is 0.275. The van der Waals surface area contributed by atoms with E-state index in [-0.39, 0.29) is 39.3 Å². The van der Waals surface area contributed by atoms with Gasteiger partial charge in [-0.15, -0.1) is 0 Å². The van der Waals surface area contributed by atoms with Crippen molar-refractivity contribution in [1.82, 2.24) is 4.84 Å². The number of carbonyl (C=O) groups is 1. The molecule has 0 spiro atoms. The standard InChI is InChI=1S/C13H17BClNO5/c1-8(17)19-6-9-7-20-12-4-2-3-10(11(18)5-16-15)13(12)14-21-9/h2-4,9,11,14,16,18H,5-7H2,1H3/t9-,11?/m1/s1. The molecule has 0 bridgehead atoms. The van der Waals surface area contributed by atoms with E-state index in [4.69, 9.17) is 25.9 Å². The Kier molecular flexibility index (Phi) is 5.87. The molecule has 1 aliphatic rings. The van der Waals surface area contributed by atoms with E-state index in [1.807, 2.05) is 6.07 Å². The fourth-order valence-corrected chi connectivity index (χ4v) is 2.25. The highest BCUT2D eigenvalue weighted by molar-refractivity contribution is 6.49. The lowest BCUT2D eigenvalue weighted by molar-refractivity contribution is -0.143. The minimum absolute atomic E-state index is 0.143. The molecule has 0 saturated heterocycles. The molecule has 0 fully saturated rings. The summed E-state index contributed by atoms with van der Waals surface area (Å²) in [5.41, 5.74) is 1.48. The number of aliphatic hydroxyl groups excluding tert-OH is 1. The zero-order valence-corrected chi connectivity index (χ0v) is 12.4. The molecule has 1 aromatic rings. The second-order valence-corrected chi connectivity index (χ2v) is 4.99. The van der Waals surface area contributed by atoms with Crippen molar-refractivity contribution < 1.29 is 24.0 Å². The minimum Gasteiger partial charge on any atom is -0.491 e. The summed E-state index contributed by atoms with van der Waals surface area (Å²) in [6, 6.07) is 5.42. The molecule has 0 aliphatic carbocycles. The van der Waals surface area contributed by atoms with Gasteiger partial charge in [-0.05, 0) is 28.9 Å². The van der Waals surface area contributed by atoms with Gasteiger partial charge in [0.1, 0.15) is 25.1 Å². The van der Waals surface area contributed by atoms with Gasteiger partial charge in [-0.3, -0.25) is 4.79 Å². The molecule has 6 nitrogen and oxygen atoms in total. The van der Waals surface area contributed by atoms with Gasteiger partial charge in [0.05, 0.1) is 6.10 Å². The van der Waals surface area contributed by atoms with Gasteiger partial charge in [-0.2, -0.15) is 0 Å². The molecule has 114 valence electrons. The van der Waals surface area contributed by atoms with E-state index in [1.54, 1.807) is 12.1 Å². The van der Waals surface area contributed by atoms with Crippen molar-refractivity contribution in [3.05, 3.63) is 23.8 Å². The molecule has 1 aliphatic heterocycles. The first-order valence-electron chi connectivity index (χ1n) is 6.63. The largest absolute Gasteiger partial charge is 0.491 e. The second-order valence-electron chi connectivity index (χ2n) is 4.72. The summed E-state index contributed by atoms with van der Waals surface area (Å²) in [4.78, 5) is 13.2. The lowest BCUT2D eigenvalue weighted by Gasteiger charge is -2.15. The van der Waals surface area contributed by atoms with E-state index in [9.17, 15) is 9.90 Å². The maximum Gasteiger partial charge on any atom is 0.313 e. The molecule has 21 heavy (non-hydrogen) atoms. The molecule has 0 aromatic heterocycles. The van der Waals surface area contributed by atoms with Crippen LogP contribution in [0.15, 0.2) is 18.2 Å². The van der Waals surface area contributed by atoms with Crippen LogP contribution < -0.4 is 15.0 Å². The van der Waals surface area contributed by atoms with Crippen LogP contribution in [-0.2, 0) is 14.2 Å². The number of aliphatic hydroxyl groups is 1. The average molecular weight is 314 g/mol. The molecule has 0 saturated carbocycles. The van der Waals surface area contributed by atoms with E-state index in [0.29, 0.717) is 11.3 Å². The fraction of sp³-hybridized carbons (Fsp3) is 0.462. The molecular formula is C13H17BClNO5. The predicted molar refractivity (Wildman–Crippen MR) is 79.0 cm³/mol. The summed E-state index contributed by atoms with van der Waals surface area (Å²) >= 11 is 5.43. The predicted octanol–water partition coefficient (Wildman–Crippen LogP) is -0.219. The third-order valence-corrected chi connectivity index (χ3v) is 3.31. The first-order chi connectivity index (χ1) is 10.1. The maximum absolute atomic E-state index is 10.8. The van der Waals surface area contributed by atoms with Gasteiger partial charge in [0.25, 0.3) is 0 Å². The summed E-state index contributed by atoms with van der Waals surface area (Å²) in [5, 5.41) is 10.1. The SMILES string of the molecule is CC(=O)OC[C@@H]1COc2cccc(C(O)CNCl)c2BO1. The second kappa shape index (κ2) is 7.65. The number of rotatable bonds is 5. The zero-order chi connectivity index (χ0) is 15.2. The van der Waals surface area contributed by atoms with Crippen LogP contribution in [0.25, 0.3) is 0 Å². The van der Waals surface area contributed by atoms with Gasteiger partial charge in [0, 0.05) is 13.5 Å². The quantitative estimate of drug-likeness (QED) is 0.445. The molecule has 1 aromatic carbocycles. The molecule has 0 radical (unpaired) electrons. The van der Waals surface area contributed by atoms with Gasteiger partial charge in [-0.1, -0.05) is 12.1 Å². The zero-order valence-electron chi connectivity index (χ0n) is 11.7. The maximum atomic E-state index is 10.8. The van der Waals surface area contributed by atoms with E-state index >= 15 is 0 Å². The van der Waals surface area contributed by atoms with Crippen molar-refractivity contribution in [3.8, 4) is 5.75 Å². The summed E-state index contributed by atoms with van der Waals surface area (Å²) < 4.78 is 16.3. The summed E-state index contributed by atoms with van der Waals surface area (Å²) in [6.45, 7) is 1.99. The van der Waals surface area contributed by atoms with Gasteiger partial charge < -0.3 is 19.2 Å². The van der Waals surface area contributed by atoms with Crippen LogP contribution in [-0.4, -0.2) is 44.4 Å². The van der Waals surface area contributed by atoms with Gasteiger partial charge in [-0.25, -0.2) is 4.84 Å². The molecule has 2 rings (SSSR count). The number of nitrogens with one attached hydrogen (secondary N) is 1. The molecule has 1 unspecified atom stereocenters. The lowest BCUT2D eigenvalue weighted by atomic mass is 9.81. The van der Waals surface area contributed by atoms with Crippen LogP contribution in [0.3, 0.4) is 0 Å². The summed E-state index contributed by atoms with van der Waals surface area (Å²) in [6.07, 6.45) is -1.09. The molecule has 2 atom stereocenters. The number of hydrogen-bond acceptors (Lipinski definition) is 6. The minimum atomic E-state index is -0.755. The number of hydrogen-bond donors (Lipinski definition) is 2. The smallest absolute Gasteiger partial charge is 0.313 e. The van der Waals surface area contributed by atoms with Crippen molar-refractivity contribution in [2.45, 2.75) is 19.1 Å². The van der Waals surface area contributed by atoms with Crippen LogP contribution in [0.5, 0.6) is 5.75 Å². The normalized spacial score (nSPS) is 18.7. The number of esters is 1. The monoisotopic (exact) mass is 313 g/mol. The van der Waals surface area contributed by atoms with Crippen molar-refractivity contribution in [1.29, 1.82) is 0 Å². The highest BCUT2D eigenvalue weighted by Crippen LogP contribution is 2.19. The van der Waals surface area contributed by atoms with E-state index in [0.717, 1.165) is 5.46 Å². The molecule has 8 heteroatoms. The summed E-state index contributed by atoms with van der Waals surface area (Å²) in [5.74, 6) is 0.302. The molecule has 1 heterocycles. The van der Waals surface area contributed by atoms with Crippen LogP contribution in [0.4, 0.5) is 0 Å².